The zero-order valence-corrected chi connectivity index (χ0v) is 23.3. The van der Waals surface area contributed by atoms with Crippen molar-refractivity contribution in [1.82, 2.24) is 14.9 Å². The summed E-state index contributed by atoms with van der Waals surface area (Å²) in [5, 5.41) is 4.29. The maximum atomic E-state index is 5.98. The number of nitrogens with zero attached hydrogens (tertiary/aromatic N) is 4. The third-order valence-electron chi connectivity index (χ3n) is 7.70. The van der Waals surface area contributed by atoms with Gasteiger partial charge in [-0.3, -0.25) is 4.98 Å². The fraction of sp³-hybridized carbons (Fsp3) is 0.290. The predicted octanol–water partition coefficient (Wildman–Crippen LogP) is 5.51. The van der Waals surface area contributed by atoms with E-state index >= 15 is 0 Å². The van der Waals surface area contributed by atoms with Crippen LogP contribution in [0.15, 0.2) is 79.0 Å². The van der Waals surface area contributed by atoms with Gasteiger partial charge in [0.2, 0.25) is 0 Å². The van der Waals surface area contributed by atoms with E-state index in [0.717, 1.165) is 60.5 Å². The Morgan fingerprint density at radius 3 is 2.41 bits per heavy atom. The van der Waals surface area contributed by atoms with Gasteiger partial charge in [-0.2, -0.15) is 0 Å². The van der Waals surface area contributed by atoms with Gasteiger partial charge in [0.1, 0.15) is 5.75 Å². The first-order valence-corrected chi connectivity index (χ1v) is 13.7. The van der Waals surface area contributed by atoms with E-state index in [1.54, 1.807) is 7.11 Å². The molecule has 2 atom stereocenters. The van der Waals surface area contributed by atoms with Gasteiger partial charge in [0, 0.05) is 53.8 Å². The lowest BCUT2D eigenvalue weighted by atomic mass is 9.96. The number of thiocarbonyl (C=S) groups is 1. The van der Waals surface area contributed by atoms with Crippen LogP contribution in [0.3, 0.4) is 0 Å². The van der Waals surface area contributed by atoms with Crippen molar-refractivity contribution in [2.75, 3.05) is 43.2 Å². The van der Waals surface area contributed by atoms with E-state index in [-0.39, 0.29) is 12.1 Å². The van der Waals surface area contributed by atoms with Crippen LogP contribution in [0.2, 0.25) is 0 Å². The second kappa shape index (κ2) is 10.7. The first kappa shape index (κ1) is 25.4. The fourth-order valence-corrected chi connectivity index (χ4v) is 6.17. The molecule has 6 rings (SSSR count). The van der Waals surface area contributed by atoms with Gasteiger partial charge in [0.05, 0.1) is 38.1 Å². The fourth-order valence-electron chi connectivity index (χ4n) is 5.83. The number of nitrogens with one attached hydrogen (secondary N) is 1. The summed E-state index contributed by atoms with van der Waals surface area (Å²) in [6, 6.07) is 25.1. The van der Waals surface area contributed by atoms with Crippen LogP contribution in [-0.2, 0) is 4.74 Å². The Morgan fingerprint density at radius 1 is 0.923 bits per heavy atom. The number of hydrogen-bond acceptors (Lipinski definition) is 5. The SMILES string of the molecule is COc1cccc(-n2c(C)cc([C@H]3[C@H](c4ccccn4)NC(=S)N3c3ccc(N4CCOCC4)cc3)c2C)c1. The molecule has 2 fully saturated rings. The van der Waals surface area contributed by atoms with Crippen LogP contribution in [0, 0.1) is 13.8 Å². The molecule has 200 valence electrons. The van der Waals surface area contributed by atoms with E-state index in [1.165, 1.54) is 11.3 Å². The number of pyridine rings is 1. The number of rotatable bonds is 6. The largest absolute Gasteiger partial charge is 0.497 e. The molecule has 2 aromatic carbocycles. The summed E-state index contributed by atoms with van der Waals surface area (Å²) in [5.74, 6) is 0.832. The Kier molecular flexibility index (Phi) is 6.97. The number of aryl methyl sites for hydroxylation is 1. The van der Waals surface area contributed by atoms with Crippen LogP contribution >= 0.6 is 12.2 Å². The van der Waals surface area contributed by atoms with Gasteiger partial charge in [0.15, 0.2) is 5.11 Å². The molecule has 2 aliphatic rings. The second-order valence-electron chi connectivity index (χ2n) is 9.98. The lowest BCUT2D eigenvalue weighted by Gasteiger charge is -2.31. The minimum absolute atomic E-state index is 0.0767. The minimum atomic E-state index is -0.100. The van der Waals surface area contributed by atoms with E-state index in [4.69, 9.17) is 26.7 Å². The topological polar surface area (TPSA) is 54.8 Å². The normalized spacial score (nSPS) is 19.3. The van der Waals surface area contributed by atoms with E-state index < -0.39 is 0 Å². The van der Waals surface area contributed by atoms with Gasteiger partial charge in [-0.05, 0) is 86.2 Å². The smallest absolute Gasteiger partial charge is 0.174 e. The van der Waals surface area contributed by atoms with Crippen molar-refractivity contribution in [1.29, 1.82) is 0 Å². The minimum Gasteiger partial charge on any atom is -0.497 e. The molecular formula is C31H33N5O2S. The van der Waals surface area contributed by atoms with Crippen molar-refractivity contribution < 1.29 is 9.47 Å². The molecule has 0 amide bonds. The van der Waals surface area contributed by atoms with Gasteiger partial charge in [-0.15, -0.1) is 0 Å². The summed E-state index contributed by atoms with van der Waals surface area (Å²) in [7, 11) is 1.70. The average molecular weight is 540 g/mol. The molecule has 4 heterocycles. The number of morpholine rings is 1. The van der Waals surface area contributed by atoms with Crippen LogP contribution < -0.4 is 19.9 Å². The van der Waals surface area contributed by atoms with Crippen molar-refractivity contribution in [3.05, 3.63) is 102 Å². The van der Waals surface area contributed by atoms with Crippen LogP contribution in [0.5, 0.6) is 5.75 Å². The third-order valence-corrected chi connectivity index (χ3v) is 8.02. The lowest BCUT2D eigenvalue weighted by Crippen LogP contribution is -2.36. The molecule has 2 aromatic heterocycles. The molecule has 0 spiro atoms. The molecule has 2 aliphatic heterocycles. The Morgan fingerprint density at radius 2 is 1.69 bits per heavy atom. The predicted molar refractivity (Wildman–Crippen MR) is 159 cm³/mol. The van der Waals surface area contributed by atoms with Crippen molar-refractivity contribution in [3.63, 3.8) is 0 Å². The Labute approximate surface area is 235 Å². The highest BCUT2D eigenvalue weighted by Crippen LogP contribution is 2.44. The molecule has 0 saturated carbocycles. The van der Waals surface area contributed by atoms with Crippen LogP contribution in [0.1, 0.15) is 34.7 Å². The third kappa shape index (κ3) is 4.75. The zero-order valence-electron chi connectivity index (χ0n) is 22.5. The van der Waals surface area contributed by atoms with Crippen LogP contribution in [0.25, 0.3) is 5.69 Å². The standard InChI is InChI=1S/C31H33N5O2S/c1-21-19-27(22(2)35(21)25-7-6-8-26(20-25)37-3)30-29(28-9-4-5-14-32-28)33-31(39)36(30)24-12-10-23(11-13-24)34-15-17-38-18-16-34/h4-14,19-20,29-30H,15-18H2,1-3H3,(H,33,39)/t29-,30-/m0/s1. The maximum Gasteiger partial charge on any atom is 0.174 e. The number of benzene rings is 2. The molecule has 8 heteroatoms. The van der Waals surface area contributed by atoms with Gasteiger partial charge in [-0.25, -0.2) is 0 Å². The number of aromatic nitrogens is 2. The Bertz CT molecular complexity index is 1460. The van der Waals surface area contributed by atoms with Crippen molar-refractivity contribution >= 4 is 28.7 Å². The van der Waals surface area contributed by atoms with Crippen molar-refractivity contribution in [2.24, 2.45) is 0 Å². The van der Waals surface area contributed by atoms with E-state index in [2.05, 4.69) is 82.1 Å². The summed E-state index contributed by atoms with van der Waals surface area (Å²) in [6.07, 6.45) is 1.84. The number of anilines is 2. The summed E-state index contributed by atoms with van der Waals surface area (Å²) >= 11 is 5.98. The van der Waals surface area contributed by atoms with E-state index in [0.29, 0.717) is 5.11 Å². The van der Waals surface area contributed by atoms with Gasteiger partial charge in [0.25, 0.3) is 0 Å². The van der Waals surface area contributed by atoms with Crippen LogP contribution in [0.4, 0.5) is 11.4 Å². The molecule has 0 aliphatic carbocycles. The van der Waals surface area contributed by atoms with Crippen molar-refractivity contribution in [2.45, 2.75) is 25.9 Å². The summed E-state index contributed by atoms with van der Waals surface area (Å²) in [6.45, 7) is 7.66. The molecular weight excluding hydrogens is 506 g/mol. The number of methoxy groups -OCH3 is 1. The molecule has 0 bridgehead atoms. The lowest BCUT2D eigenvalue weighted by molar-refractivity contribution is 0.122. The summed E-state index contributed by atoms with van der Waals surface area (Å²) < 4.78 is 13.3. The first-order valence-electron chi connectivity index (χ1n) is 13.3. The van der Waals surface area contributed by atoms with E-state index in [1.807, 2.05) is 30.5 Å². The second-order valence-corrected chi connectivity index (χ2v) is 10.4. The monoisotopic (exact) mass is 539 g/mol. The van der Waals surface area contributed by atoms with Crippen molar-refractivity contribution in [3.8, 4) is 11.4 Å². The Hall–Kier alpha value is -3.88. The van der Waals surface area contributed by atoms with Gasteiger partial charge >= 0.3 is 0 Å². The molecule has 2 saturated heterocycles. The highest BCUT2D eigenvalue weighted by molar-refractivity contribution is 7.80. The molecule has 39 heavy (non-hydrogen) atoms. The van der Waals surface area contributed by atoms with Crippen LogP contribution in [-0.4, -0.2) is 48.1 Å². The van der Waals surface area contributed by atoms with Gasteiger partial charge in [-0.1, -0.05) is 12.1 Å². The number of hydrogen-bond donors (Lipinski definition) is 1. The highest BCUT2D eigenvalue weighted by atomic mass is 32.1. The summed E-state index contributed by atoms with van der Waals surface area (Å²) in [5.41, 5.74) is 7.80. The number of ether oxygens (including phenoxy) is 2. The van der Waals surface area contributed by atoms with E-state index in [9.17, 15) is 0 Å². The Balaban J connectivity index is 1.43. The highest BCUT2D eigenvalue weighted by Gasteiger charge is 2.42. The molecule has 4 aromatic rings. The zero-order chi connectivity index (χ0) is 26.9. The average Bonchev–Trinajstić information content (AvgIpc) is 3.48. The molecule has 0 unspecified atom stereocenters. The first-order chi connectivity index (χ1) is 19.0. The molecule has 7 nitrogen and oxygen atoms in total. The van der Waals surface area contributed by atoms with Gasteiger partial charge < -0.3 is 29.2 Å². The molecule has 1 N–H and O–H groups in total. The quantitative estimate of drug-likeness (QED) is 0.324. The maximum absolute atomic E-state index is 5.98. The summed E-state index contributed by atoms with van der Waals surface area (Å²) in [4.78, 5) is 9.33. The molecule has 0 radical (unpaired) electrons.